The molecule has 1 unspecified atom stereocenters. The molecule has 1 aliphatic heterocycles. The summed E-state index contributed by atoms with van der Waals surface area (Å²) in [6.45, 7) is 0.295. The van der Waals surface area contributed by atoms with Crippen LogP contribution in [0.3, 0.4) is 0 Å². The molecule has 6 heteroatoms. The molecule has 2 fully saturated rings. The number of nitrogens with one attached hydrogen (secondary N) is 1. The Morgan fingerprint density at radius 3 is 2.53 bits per heavy atom. The van der Waals surface area contributed by atoms with Crippen molar-refractivity contribution in [2.45, 2.75) is 31.7 Å². The summed E-state index contributed by atoms with van der Waals surface area (Å²) < 4.78 is 0. The summed E-state index contributed by atoms with van der Waals surface area (Å²) in [6, 6.07) is -0.705. The van der Waals surface area contributed by atoms with Gasteiger partial charge in [0, 0.05) is 13.6 Å². The second-order valence-corrected chi connectivity index (χ2v) is 4.86. The molecule has 1 aliphatic carbocycles. The van der Waals surface area contributed by atoms with E-state index in [0.717, 1.165) is 24.2 Å². The fourth-order valence-electron chi connectivity index (χ4n) is 2.31. The van der Waals surface area contributed by atoms with Crippen LogP contribution in [0.15, 0.2) is 0 Å². The van der Waals surface area contributed by atoms with Crippen LogP contribution in [0.5, 0.6) is 0 Å². The van der Waals surface area contributed by atoms with E-state index in [2.05, 4.69) is 5.32 Å². The molecule has 1 heterocycles. The molecule has 1 saturated heterocycles. The van der Waals surface area contributed by atoms with Crippen LogP contribution >= 0.6 is 0 Å². The molecule has 0 aromatic rings. The minimum atomic E-state index is -0.705. The number of likely N-dealkylation sites (tertiary alicyclic amines) is 1. The zero-order chi connectivity index (χ0) is 12.6. The number of carbonyl (C=O) groups excluding carboxylic acids is 3. The van der Waals surface area contributed by atoms with Crippen LogP contribution in [0.25, 0.3) is 0 Å². The quantitative estimate of drug-likeness (QED) is 0.617. The molecule has 17 heavy (non-hydrogen) atoms. The van der Waals surface area contributed by atoms with E-state index in [4.69, 9.17) is 5.73 Å². The van der Waals surface area contributed by atoms with Gasteiger partial charge in [0.2, 0.25) is 11.8 Å². The van der Waals surface area contributed by atoms with Crippen molar-refractivity contribution in [1.82, 2.24) is 10.2 Å². The highest BCUT2D eigenvalue weighted by Gasteiger charge is 2.46. The Morgan fingerprint density at radius 2 is 2.18 bits per heavy atom. The Hall–Kier alpha value is -1.43. The maximum atomic E-state index is 12.0. The van der Waals surface area contributed by atoms with E-state index in [1.807, 2.05) is 0 Å². The van der Waals surface area contributed by atoms with Gasteiger partial charge in [0.05, 0.1) is 11.8 Å². The van der Waals surface area contributed by atoms with Crippen molar-refractivity contribution >= 4 is 17.7 Å². The summed E-state index contributed by atoms with van der Waals surface area (Å²) in [5, 5.41) is 2.65. The molecule has 0 aromatic heterocycles. The second-order valence-electron chi connectivity index (χ2n) is 4.86. The average Bonchev–Trinajstić information content (AvgIpc) is 2.46. The number of rotatable bonds is 3. The summed E-state index contributed by atoms with van der Waals surface area (Å²) in [7, 11) is 1.43. The van der Waals surface area contributed by atoms with E-state index in [1.54, 1.807) is 0 Å². The standard InChI is InChI=1S/C11H17N3O3/c1-14-8(15)5-7(9(14)16)13-10(17)11(6-12)3-2-4-11/h7H,2-6,12H2,1H3,(H,13,17). The van der Waals surface area contributed by atoms with Crippen LogP contribution in [-0.2, 0) is 14.4 Å². The van der Waals surface area contributed by atoms with E-state index in [9.17, 15) is 14.4 Å². The van der Waals surface area contributed by atoms with Gasteiger partial charge in [-0.25, -0.2) is 0 Å². The van der Waals surface area contributed by atoms with Gasteiger partial charge in [0.15, 0.2) is 0 Å². The van der Waals surface area contributed by atoms with Gasteiger partial charge in [0.25, 0.3) is 5.91 Å². The average molecular weight is 239 g/mol. The first kappa shape index (κ1) is 12.0. The Balaban J connectivity index is 2.00. The zero-order valence-electron chi connectivity index (χ0n) is 9.86. The topological polar surface area (TPSA) is 92.5 Å². The lowest BCUT2D eigenvalue weighted by Gasteiger charge is -2.39. The summed E-state index contributed by atoms with van der Waals surface area (Å²) >= 11 is 0. The third-order valence-electron chi connectivity index (χ3n) is 3.87. The number of nitrogens with two attached hydrogens (primary N) is 1. The van der Waals surface area contributed by atoms with Crippen molar-refractivity contribution in [3.05, 3.63) is 0 Å². The number of hydrogen-bond donors (Lipinski definition) is 2. The maximum Gasteiger partial charge on any atom is 0.252 e. The smallest absolute Gasteiger partial charge is 0.252 e. The van der Waals surface area contributed by atoms with E-state index in [-0.39, 0.29) is 24.1 Å². The predicted molar refractivity (Wildman–Crippen MR) is 59.7 cm³/mol. The van der Waals surface area contributed by atoms with Crippen molar-refractivity contribution < 1.29 is 14.4 Å². The van der Waals surface area contributed by atoms with Gasteiger partial charge < -0.3 is 11.1 Å². The number of nitrogens with zero attached hydrogens (tertiary/aromatic N) is 1. The van der Waals surface area contributed by atoms with Crippen LogP contribution in [-0.4, -0.2) is 42.3 Å². The van der Waals surface area contributed by atoms with E-state index >= 15 is 0 Å². The van der Waals surface area contributed by atoms with E-state index < -0.39 is 11.5 Å². The van der Waals surface area contributed by atoms with Crippen LogP contribution < -0.4 is 11.1 Å². The molecule has 3 amide bonds. The van der Waals surface area contributed by atoms with Gasteiger partial charge in [0.1, 0.15) is 6.04 Å². The molecular formula is C11H17N3O3. The van der Waals surface area contributed by atoms with Gasteiger partial charge in [-0.1, -0.05) is 6.42 Å². The number of amides is 3. The van der Waals surface area contributed by atoms with Crippen molar-refractivity contribution in [2.24, 2.45) is 11.1 Å². The van der Waals surface area contributed by atoms with Gasteiger partial charge in [-0.3, -0.25) is 19.3 Å². The molecule has 2 rings (SSSR count). The highest BCUT2D eigenvalue weighted by atomic mass is 16.2. The third kappa shape index (κ3) is 1.82. The SMILES string of the molecule is CN1C(=O)CC(NC(=O)C2(CN)CCC2)C1=O. The molecule has 0 bridgehead atoms. The summed E-state index contributed by atoms with van der Waals surface area (Å²) in [5.41, 5.74) is 5.10. The fraction of sp³-hybridized carbons (Fsp3) is 0.727. The molecule has 0 spiro atoms. The number of likely N-dealkylation sites (N-methyl/N-ethyl adjacent to an activating group) is 1. The summed E-state index contributed by atoms with van der Waals surface area (Å²) in [4.78, 5) is 36.0. The number of hydrogen-bond acceptors (Lipinski definition) is 4. The fourth-order valence-corrected chi connectivity index (χ4v) is 2.31. The van der Waals surface area contributed by atoms with E-state index in [1.165, 1.54) is 7.05 Å². The maximum absolute atomic E-state index is 12.0. The molecular weight excluding hydrogens is 222 g/mol. The molecule has 3 N–H and O–H groups in total. The minimum Gasteiger partial charge on any atom is -0.343 e. The molecule has 1 atom stereocenters. The largest absolute Gasteiger partial charge is 0.343 e. The molecule has 0 aromatic carbocycles. The van der Waals surface area contributed by atoms with Crippen molar-refractivity contribution in [2.75, 3.05) is 13.6 Å². The Kier molecular flexibility index (Phi) is 2.91. The lowest BCUT2D eigenvalue weighted by molar-refractivity contribution is -0.141. The molecule has 6 nitrogen and oxygen atoms in total. The number of imide groups is 1. The molecule has 94 valence electrons. The monoisotopic (exact) mass is 239 g/mol. The minimum absolute atomic E-state index is 0.0573. The lowest BCUT2D eigenvalue weighted by Crippen LogP contribution is -2.54. The second kappa shape index (κ2) is 4.10. The normalized spacial score (nSPS) is 26.9. The number of carbonyl (C=O) groups is 3. The molecule has 0 radical (unpaired) electrons. The zero-order valence-corrected chi connectivity index (χ0v) is 9.86. The van der Waals surface area contributed by atoms with Crippen molar-refractivity contribution in [3.8, 4) is 0 Å². The Bertz CT molecular complexity index is 371. The highest BCUT2D eigenvalue weighted by Crippen LogP contribution is 2.40. The Morgan fingerprint density at radius 1 is 1.53 bits per heavy atom. The van der Waals surface area contributed by atoms with Crippen molar-refractivity contribution in [1.29, 1.82) is 0 Å². The lowest BCUT2D eigenvalue weighted by atomic mass is 9.68. The van der Waals surface area contributed by atoms with Crippen LogP contribution in [0.1, 0.15) is 25.7 Å². The van der Waals surface area contributed by atoms with Crippen LogP contribution in [0, 0.1) is 5.41 Å². The third-order valence-corrected chi connectivity index (χ3v) is 3.87. The van der Waals surface area contributed by atoms with Crippen LogP contribution in [0.2, 0.25) is 0 Å². The Labute approximate surface area is 99.5 Å². The van der Waals surface area contributed by atoms with Gasteiger partial charge in [-0.05, 0) is 12.8 Å². The first-order valence-electron chi connectivity index (χ1n) is 5.81. The van der Waals surface area contributed by atoms with E-state index in [0.29, 0.717) is 6.54 Å². The van der Waals surface area contributed by atoms with Gasteiger partial charge in [-0.15, -0.1) is 0 Å². The van der Waals surface area contributed by atoms with Gasteiger partial charge in [-0.2, -0.15) is 0 Å². The summed E-state index contributed by atoms with van der Waals surface area (Å²) in [6.07, 6.45) is 2.57. The first-order chi connectivity index (χ1) is 8.00. The van der Waals surface area contributed by atoms with Crippen LogP contribution in [0.4, 0.5) is 0 Å². The molecule has 2 aliphatic rings. The molecule has 1 saturated carbocycles. The highest BCUT2D eigenvalue weighted by molar-refractivity contribution is 6.06. The van der Waals surface area contributed by atoms with Crippen molar-refractivity contribution in [3.63, 3.8) is 0 Å². The first-order valence-corrected chi connectivity index (χ1v) is 5.81. The van der Waals surface area contributed by atoms with Gasteiger partial charge >= 0.3 is 0 Å². The predicted octanol–water partition coefficient (Wildman–Crippen LogP) is -1.01. The summed E-state index contributed by atoms with van der Waals surface area (Å²) in [5.74, 6) is -0.779.